The third kappa shape index (κ3) is 7.34. The number of carbonyl (C=O) groups is 3. The minimum absolute atomic E-state index is 0.248. The summed E-state index contributed by atoms with van der Waals surface area (Å²) < 4.78 is 14.7. The van der Waals surface area contributed by atoms with Crippen LogP contribution in [0.3, 0.4) is 0 Å². The summed E-state index contributed by atoms with van der Waals surface area (Å²) in [7, 11) is 0. The summed E-state index contributed by atoms with van der Waals surface area (Å²) in [6.07, 6.45) is -1.11. The average molecular weight is 394 g/mol. The summed E-state index contributed by atoms with van der Waals surface area (Å²) in [5.74, 6) is 0. The molecule has 0 unspecified atom stereocenters. The van der Waals surface area contributed by atoms with Gasteiger partial charge in [-0.15, -0.1) is 0 Å². The van der Waals surface area contributed by atoms with Crippen LogP contribution in [0, 0.1) is 12.3 Å². The molecule has 0 atom stereocenters. The number of benzene rings is 1. The number of carbonyl (C=O) groups excluding carboxylic acids is 4. The Kier molecular flexibility index (Phi) is 8.45. The summed E-state index contributed by atoms with van der Waals surface area (Å²) in [4.78, 5) is 47.9. The van der Waals surface area contributed by atoms with E-state index in [2.05, 4.69) is 10.3 Å². The maximum atomic E-state index is 12.1. The minimum atomic E-state index is -1.03. The van der Waals surface area contributed by atoms with Crippen molar-refractivity contribution in [2.45, 2.75) is 20.3 Å². The van der Waals surface area contributed by atoms with Gasteiger partial charge in [-0.05, 0) is 31.0 Å². The van der Waals surface area contributed by atoms with Crippen LogP contribution in [-0.4, -0.2) is 44.2 Å². The summed E-state index contributed by atoms with van der Waals surface area (Å²) in [5.41, 5.74) is 10.3. The van der Waals surface area contributed by atoms with E-state index in [4.69, 9.17) is 25.7 Å². The van der Waals surface area contributed by atoms with E-state index < -0.39 is 23.7 Å². The highest BCUT2D eigenvalue weighted by Crippen LogP contribution is 2.25. The van der Waals surface area contributed by atoms with Crippen LogP contribution >= 0.6 is 0 Å². The zero-order valence-electron chi connectivity index (χ0n) is 15.5. The molecule has 152 valence electrons. The van der Waals surface area contributed by atoms with E-state index in [1.165, 1.54) is 12.1 Å². The minimum Gasteiger partial charge on any atom is -0.449 e. The van der Waals surface area contributed by atoms with Gasteiger partial charge in [0.15, 0.2) is 0 Å². The molecule has 0 spiro atoms. The highest BCUT2D eigenvalue weighted by Gasteiger charge is 2.34. The van der Waals surface area contributed by atoms with Crippen molar-refractivity contribution in [1.29, 1.82) is 0 Å². The van der Waals surface area contributed by atoms with Gasteiger partial charge in [0.1, 0.15) is 19.8 Å². The molecule has 28 heavy (non-hydrogen) atoms. The summed E-state index contributed by atoms with van der Waals surface area (Å²) in [5, 5.41) is 2.48. The Bertz CT molecular complexity index is 757. The maximum Gasteiger partial charge on any atom is 0.411 e. The van der Waals surface area contributed by atoms with Crippen LogP contribution < -0.4 is 16.8 Å². The summed E-state index contributed by atoms with van der Waals surface area (Å²) >= 11 is 0. The molecule has 1 aromatic rings. The summed E-state index contributed by atoms with van der Waals surface area (Å²) in [6.45, 7) is 2.72. The van der Waals surface area contributed by atoms with Gasteiger partial charge in [-0.2, -0.15) is 4.99 Å². The van der Waals surface area contributed by atoms with E-state index in [1.54, 1.807) is 26.0 Å². The molecule has 1 rings (SSSR count). The van der Waals surface area contributed by atoms with Crippen molar-refractivity contribution in [3.63, 3.8) is 0 Å². The van der Waals surface area contributed by atoms with Gasteiger partial charge in [0.25, 0.3) is 0 Å². The van der Waals surface area contributed by atoms with Crippen molar-refractivity contribution in [3.05, 3.63) is 23.8 Å². The first-order valence-corrected chi connectivity index (χ1v) is 8.18. The Morgan fingerprint density at radius 3 is 2.18 bits per heavy atom. The van der Waals surface area contributed by atoms with Gasteiger partial charge < -0.3 is 25.7 Å². The molecule has 0 fully saturated rings. The van der Waals surface area contributed by atoms with Crippen molar-refractivity contribution >= 4 is 35.7 Å². The smallest absolute Gasteiger partial charge is 0.411 e. The van der Waals surface area contributed by atoms with E-state index in [-0.39, 0.29) is 19.8 Å². The van der Waals surface area contributed by atoms with E-state index in [0.29, 0.717) is 17.8 Å². The number of rotatable bonds is 9. The number of nitrogens with two attached hydrogens (primary N) is 2. The first-order chi connectivity index (χ1) is 13.2. The lowest BCUT2D eigenvalue weighted by molar-refractivity contribution is -0.0120. The van der Waals surface area contributed by atoms with Gasteiger partial charge in [-0.25, -0.2) is 19.2 Å². The molecule has 0 aliphatic rings. The SMILES string of the molecule is CCC(COC(N)=O)(COC(N)=O)COC(=O)Nc1ccc(C)c(N=C=O)c1. The molecule has 1 aromatic carbocycles. The fraction of sp³-hybridized carbons (Fsp3) is 0.412. The quantitative estimate of drug-likeness (QED) is 0.326. The van der Waals surface area contributed by atoms with Gasteiger partial charge in [0, 0.05) is 5.69 Å². The maximum absolute atomic E-state index is 12.1. The molecule has 0 radical (unpaired) electrons. The largest absolute Gasteiger partial charge is 0.449 e. The fourth-order valence-electron chi connectivity index (χ4n) is 2.11. The number of nitrogens with one attached hydrogen (secondary N) is 1. The normalized spacial score (nSPS) is 10.4. The molecular formula is C17H22N4O7. The zero-order valence-corrected chi connectivity index (χ0v) is 15.5. The molecule has 3 amide bonds. The van der Waals surface area contributed by atoms with Crippen LogP contribution in [0.15, 0.2) is 23.2 Å². The molecule has 0 heterocycles. The Morgan fingerprint density at radius 2 is 1.68 bits per heavy atom. The highest BCUT2D eigenvalue weighted by atomic mass is 16.6. The second-order valence-corrected chi connectivity index (χ2v) is 5.97. The number of primary amides is 2. The van der Waals surface area contributed by atoms with Crippen molar-refractivity contribution in [3.8, 4) is 0 Å². The second-order valence-electron chi connectivity index (χ2n) is 5.97. The Labute approximate surface area is 161 Å². The molecule has 0 aromatic heterocycles. The number of ether oxygens (including phenoxy) is 3. The van der Waals surface area contributed by atoms with Crippen molar-refractivity contribution < 1.29 is 33.4 Å². The number of hydrogen-bond donors (Lipinski definition) is 3. The van der Waals surface area contributed by atoms with Gasteiger partial charge in [0.2, 0.25) is 6.08 Å². The molecule has 11 heteroatoms. The molecule has 0 saturated carbocycles. The van der Waals surface area contributed by atoms with Gasteiger partial charge in [-0.1, -0.05) is 13.0 Å². The zero-order chi connectivity index (χ0) is 21.2. The number of aliphatic imine (C=N–C) groups is 1. The van der Waals surface area contributed by atoms with Crippen LogP contribution in [0.1, 0.15) is 18.9 Å². The van der Waals surface area contributed by atoms with Gasteiger partial charge in [0.05, 0.1) is 11.1 Å². The number of isocyanates is 1. The third-order valence-corrected chi connectivity index (χ3v) is 3.92. The average Bonchev–Trinajstić information content (AvgIpc) is 2.64. The van der Waals surface area contributed by atoms with Crippen LogP contribution in [0.4, 0.5) is 25.8 Å². The lowest BCUT2D eigenvalue weighted by Crippen LogP contribution is -2.40. The number of anilines is 1. The predicted octanol–water partition coefficient (Wildman–Crippen LogP) is 2.10. The molecule has 5 N–H and O–H groups in total. The Morgan fingerprint density at radius 1 is 1.11 bits per heavy atom. The fourth-order valence-corrected chi connectivity index (χ4v) is 2.11. The lowest BCUT2D eigenvalue weighted by atomic mass is 9.88. The summed E-state index contributed by atoms with van der Waals surface area (Å²) in [6, 6.07) is 4.73. The van der Waals surface area contributed by atoms with Crippen molar-refractivity contribution in [1.82, 2.24) is 0 Å². The number of nitrogens with zero attached hydrogens (tertiary/aromatic N) is 1. The predicted molar refractivity (Wildman–Crippen MR) is 97.7 cm³/mol. The van der Waals surface area contributed by atoms with Crippen LogP contribution in [0.25, 0.3) is 0 Å². The standard InChI is InChI=1S/C17H22N4O7/c1-3-17(7-26-14(18)23,8-27-15(19)24)9-28-16(25)21-12-5-4-11(2)13(6-12)20-10-22/h4-6H,3,7-9H2,1-2H3,(H2,18,23)(H2,19,24)(H,21,25). The Hall–Kier alpha value is -3.59. The molecule has 0 saturated heterocycles. The van der Waals surface area contributed by atoms with E-state index in [9.17, 15) is 19.2 Å². The number of amides is 3. The first-order valence-electron chi connectivity index (χ1n) is 8.18. The van der Waals surface area contributed by atoms with Gasteiger partial charge in [-0.3, -0.25) is 5.32 Å². The highest BCUT2D eigenvalue weighted by molar-refractivity contribution is 5.85. The van der Waals surface area contributed by atoms with Crippen LogP contribution in [0.2, 0.25) is 0 Å². The molecular weight excluding hydrogens is 372 g/mol. The van der Waals surface area contributed by atoms with Crippen molar-refractivity contribution in [2.75, 3.05) is 25.1 Å². The Balaban J connectivity index is 2.80. The number of hydrogen-bond acceptors (Lipinski definition) is 8. The van der Waals surface area contributed by atoms with E-state index in [0.717, 1.165) is 5.56 Å². The first kappa shape index (κ1) is 22.5. The molecule has 0 aliphatic heterocycles. The monoisotopic (exact) mass is 394 g/mol. The molecule has 11 nitrogen and oxygen atoms in total. The second kappa shape index (κ2) is 10.5. The van der Waals surface area contributed by atoms with Crippen LogP contribution in [0.5, 0.6) is 0 Å². The topological polar surface area (TPSA) is 172 Å². The van der Waals surface area contributed by atoms with E-state index >= 15 is 0 Å². The van der Waals surface area contributed by atoms with Crippen LogP contribution in [-0.2, 0) is 19.0 Å². The van der Waals surface area contributed by atoms with E-state index in [1.807, 2.05) is 0 Å². The number of aryl methyl sites for hydroxylation is 1. The van der Waals surface area contributed by atoms with Gasteiger partial charge >= 0.3 is 18.3 Å². The third-order valence-electron chi connectivity index (χ3n) is 3.92. The molecule has 0 aliphatic carbocycles. The molecule has 0 bridgehead atoms. The lowest BCUT2D eigenvalue weighted by Gasteiger charge is -2.30. The van der Waals surface area contributed by atoms with Crippen molar-refractivity contribution in [2.24, 2.45) is 21.9 Å².